The number of hydrogen-bond donors (Lipinski definition) is 0. The predicted molar refractivity (Wildman–Crippen MR) is 174 cm³/mol. The fourth-order valence-electron chi connectivity index (χ4n) is 5.73. The van der Waals surface area contributed by atoms with Gasteiger partial charge in [-0.05, 0) is 102 Å². The number of allylic oxidation sites excluding steroid dienone is 1. The van der Waals surface area contributed by atoms with Crippen molar-refractivity contribution in [2.75, 3.05) is 13.7 Å². The summed E-state index contributed by atoms with van der Waals surface area (Å²) < 4.78 is 20.3. The van der Waals surface area contributed by atoms with Crippen molar-refractivity contribution in [2.45, 2.75) is 60.6 Å². The molecule has 45 heavy (non-hydrogen) atoms. The summed E-state index contributed by atoms with van der Waals surface area (Å²) in [5.74, 6) is -0.205. The molecule has 10 heteroatoms. The first-order chi connectivity index (χ1) is 21.5. The fraction of sp³-hybridized carbons (Fsp3) is 0.314. The number of rotatable bonds is 8. The summed E-state index contributed by atoms with van der Waals surface area (Å²) >= 11 is 1.28. The molecule has 0 bridgehead atoms. The van der Waals surface area contributed by atoms with Gasteiger partial charge < -0.3 is 18.8 Å². The minimum absolute atomic E-state index is 0.256. The molecule has 0 N–H and O–H groups in total. The number of carbonyl (C=O) groups is 2. The number of aryl methyl sites for hydroxylation is 1. The van der Waals surface area contributed by atoms with Crippen LogP contribution in [0.1, 0.15) is 72.2 Å². The second-order valence-corrected chi connectivity index (χ2v) is 12.2. The molecule has 2 aromatic heterocycles. The standard InChI is InChI=1S/C35H37N3O6S/c1-9-43-26-15-13-24(14-16-26)31-30(34(41)44-19(2)3)22(6)36-35-38(31)32(39)29(45-35)18-25-17-20(4)37(23(25)7)28-12-10-11-27(21(28)5)33(40)42-8/h10-19,31H,9H2,1-8H3/b29-18-/t31-/m0/s1. The van der Waals surface area contributed by atoms with E-state index in [0.29, 0.717) is 38.5 Å². The third kappa shape index (κ3) is 5.90. The topological polar surface area (TPSA) is 101 Å². The molecule has 0 unspecified atom stereocenters. The minimum atomic E-state index is -0.721. The Morgan fingerprint density at radius 2 is 1.76 bits per heavy atom. The number of aromatic nitrogens is 2. The highest BCUT2D eigenvalue weighted by Crippen LogP contribution is 2.32. The maximum atomic E-state index is 14.2. The zero-order valence-corrected chi connectivity index (χ0v) is 27.6. The van der Waals surface area contributed by atoms with Crippen LogP contribution >= 0.6 is 11.3 Å². The molecule has 2 aromatic carbocycles. The van der Waals surface area contributed by atoms with Gasteiger partial charge in [0.1, 0.15) is 5.75 Å². The number of benzene rings is 2. The van der Waals surface area contributed by atoms with Gasteiger partial charge in [-0.25, -0.2) is 14.6 Å². The third-order valence-electron chi connectivity index (χ3n) is 7.80. The lowest BCUT2D eigenvalue weighted by Crippen LogP contribution is -2.40. The maximum absolute atomic E-state index is 14.2. The van der Waals surface area contributed by atoms with Gasteiger partial charge in [0.05, 0.1) is 47.2 Å². The lowest BCUT2D eigenvalue weighted by molar-refractivity contribution is -0.143. The van der Waals surface area contributed by atoms with Crippen LogP contribution in [0.4, 0.5) is 0 Å². The Hall–Kier alpha value is -4.70. The number of carbonyl (C=O) groups excluding carboxylic acids is 2. The first-order valence-corrected chi connectivity index (χ1v) is 15.6. The smallest absolute Gasteiger partial charge is 0.338 e. The van der Waals surface area contributed by atoms with Crippen molar-refractivity contribution in [1.29, 1.82) is 0 Å². The molecule has 0 aliphatic carbocycles. The molecule has 5 rings (SSSR count). The van der Waals surface area contributed by atoms with Crippen LogP contribution in [0.3, 0.4) is 0 Å². The first-order valence-electron chi connectivity index (χ1n) is 14.8. The van der Waals surface area contributed by atoms with Gasteiger partial charge in [-0.2, -0.15) is 0 Å². The van der Waals surface area contributed by atoms with Crippen molar-refractivity contribution in [1.82, 2.24) is 9.13 Å². The molecule has 0 radical (unpaired) electrons. The van der Waals surface area contributed by atoms with Gasteiger partial charge in [-0.15, -0.1) is 0 Å². The molecule has 0 saturated carbocycles. The van der Waals surface area contributed by atoms with E-state index in [2.05, 4.69) is 4.57 Å². The average molecular weight is 628 g/mol. The van der Waals surface area contributed by atoms with Crippen molar-refractivity contribution in [3.8, 4) is 11.4 Å². The van der Waals surface area contributed by atoms with E-state index in [9.17, 15) is 14.4 Å². The molecule has 3 heterocycles. The van der Waals surface area contributed by atoms with E-state index < -0.39 is 18.0 Å². The molecule has 0 spiro atoms. The Morgan fingerprint density at radius 3 is 2.40 bits per heavy atom. The fourth-order valence-corrected chi connectivity index (χ4v) is 6.77. The van der Waals surface area contributed by atoms with Crippen LogP contribution in [0.15, 0.2) is 69.6 Å². The summed E-state index contributed by atoms with van der Waals surface area (Å²) in [6.45, 7) is 13.6. The van der Waals surface area contributed by atoms with Crippen LogP contribution < -0.4 is 19.6 Å². The summed E-state index contributed by atoms with van der Waals surface area (Å²) in [6, 6.07) is 14.2. The van der Waals surface area contributed by atoms with Crippen molar-refractivity contribution in [3.63, 3.8) is 0 Å². The number of esters is 2. The zero-order valence-electron chi connectivity index (χ0n) is 26.8. The van der Waals surface area contributed by atoms with Gasteiger partial charge in [0, 0.05) is 17.1 Å². The molecule has 0 amide bonds. The van der Waals surface area contributed by atoms with Gasteiger partial charge in [-0.3, -0.25) is 9.36 Å². The summed E-state index contributed by atoms with van der Waals surface area (Å²) in [7, 11) is 1.37. The Morgan fingerprint density at radius 1 is 1.04 bits per heavy atom. The van der Waals surface area contributed by atoms with Crippen molar-refractivity contribution in [2.24, 2.45) is 4.99 Å². The van der Waals surface area contributed by atoms with E-state index in [1.807, 2.05) is 76.2 Å². The maximum Gasteiger partial charge on any atom is 0.338 e. The van der Waals surface area contributed by atoms with Gasteiger partial charge in [0.25, 0.3) is 5.56 Å². The van der Waals surface area contributed by atoms with E-state index in [-0.39, 0.29) is 11.7 Å². The largest absolute Gasteiger partial charge is 0.494 e. The number of hydrogen-bond acceptors (Lipinski definition) is 8. The monoisotopic (exact) mass is 627 g/mol. The van der Waals surface area contributed by atoms with Crippen LogP contribution in [0.5, 0.6) is 5.75 Å². The van der Waals surface area contributed by atoms with E-state index in [1.165, 1.54) is 18.4 Å². The van der Waals surface area contributed by atoms with Crippen LogP contribution in [-0.2, 0) is 14.3 Å². The second kappa shape index (κ2) is 12.7. The summed E-state index contributed by atoms with van der Waals surface area (Å²) in [5, 5.41) is 0. The van der Waals surface area contributed by atoms with Gasteiger partial charge >= 0.3 is 11.9 Å². The van der Waals surface area contributed by atoms with Gasteiger partial charge in [-0.1, -0.05) is 29.5 Å². The van der Waals surface area contributed by atoms with Gasteiger partial charge in [0.15, 0.2) is 4.80 Å². The molecular formula is C35H37N3O6S. The molecule has 9 nitrogen and oxygen atoms in total. The highest BCUT2D eigenvalue weighted by Gasteiger charge is 2.34. The third-order valence-corrected chi connectivity index (χ3v) is 8.78. The summed E-state index contributed by atoms with van der Waals surface area (Å²) in [5.41, 5.74) is 6.17. The molecular weight excluding hydrogens is 590 g/mol. The SMILES string of the molecule is CCOc1ccc([C@H]2C(C(=O)OC(C)C)=C(C)N=c3s/c(=C\c4cc(C)n(-c5cccc(C(=O)OC)c5C)c4C)c(=O)n32)cc1. The highest BCUT2D eigenvalue weighted by atomic mass is 32.1. The van der Waals surface area contributed by atoms with E-state index >= 15 is 0 Å². The normalized spacial score (nSPS) is 14.8. The van der Waals surface area contributed by atoms with E-state index in [1.54, 1.807) is 31.4 Å². The quantitative estimate of drug-likeness (QED) is 0.253. The van der Waals surface area contributed by atoms with Crippen molar-refractivity contribution < 1.29 is 23.8 Å². The number of methoxy groups -OCH3 is 1. The lowest BCUT2D eigenvalue weighted by atomic mass is 9.96. The Balaban J connectivity index is 1.66. The van der Waals surface area contributed by atoms with Crippen LogP contribution in [0, 0.1) is 20.8 Å². The number of nitrogens with zero attached hydrogens (tertiary/aromatic N) is 3. The molecule has 1 aliphatic heterocycles. The Bertz CT molecular complexity index is 2010. The Labute approximate surface area is 265 Å². The van der Waals surface area contributed by atoms with E-state index in [4.69, 9.17) is 19.2 Å². The van der Waals surface area contributed by atoms with Crippen molar-refractivity contribution in [3.05, 3.63) is 113 Å². The molecule has 1 atom stereocenters. The first kappa shape index (κ1) is 31.7. The number of thiazole rings is 1. The Kier molecular flexibility index (Phi) is 8.97. The van der Waals surface area contributed by atoms with Crippen LogP contribution in [0.25, 0.3) is 11.8 Å². The molecule has 4 aromatic rings. The average Bonchev–Trinajstić information content (AvgIpc) is 3.45. The van der Waals surface area contributed by atoms with Crippen molar-refractivity contribution >= 4 is 29.4 Å². The van der Waals surface area contributed by atoms with Gasteiger partial charge in [0.2, 0.25) is 0 Å². The van der Waals surface area contributed by atoms with E-state index in [0.717, 1.165) is 33.8 Å². The zero-order chi connectivity index (χ0) is 32.6. The predicted octanol–water partition coefficient (Wildman–Crippen LogP) is 5.09. The molecule has 0 saturated heterocycles. The number of ether oxygens (including phenoxy) is 3. The second-order valence-electron chi connectivity index (χ2n) is 11.1. The van der Waals surface area contributed by atoms with Crippen LogP contribution in [-0.4, -0.2) is 40.9 Å². The number of fused-ring (bicyclic) bond motifs is 1. The lowest BCUT2D eigenvalue weighted by Gasteiger charge is -2.25. The molecule has 234 valence electrons. The summed E-state index contributed by atoms with van der Waals surface area (Å²) in [4.78, 5) is 45.1. The minimum Gasteiger partial charge on any atom is -0.494 e. The summed E-state index contributed by atoms with van der Waals surface area (Å²) in [6.07, 6.45) is 1.53. The highest BCUT2D eigenvalue weighted by molar-refractivity contribution is 7.07. The van der Waals surface area contributed by atoms with Crippen LogP contribution in [0.2, 0.25) is 0 Å². The molecule has 1 aliphatic rings. The molecule has 0 fully saturated rings.